The van der Waals surface area contributed by atoms with E-state index in [1.54, 1.807) is 41.5 Å². The molecule has 3 rings (SSSR count). The molecular weight excluding hydrogens is 363 g/mol. The molecule has 0 saturated heterocycles. The van der Waals surface area contributed by atoms with E-state index in [0.29, 0.717) is 22.3 Å². The van der Waals surface area contributed by atoms with Gasteiger partial charge in [-0.2, -0.15) is 0 Å². The number of ether oxygens (including phenoxy) is 1. The number of carbonyl (C=O) groups excluding carboxylic acids is 1. The number of benzene rings is 1. The number of pyridine rings is 1. The van der Waals surface area contributed by atoms with Gasteiger partial charge in [0.2, 0.25) is 0 Å². The summed E-state index contributed by atoms with van der Waals surface area (Å²) in [6, 6.07) is 8.58. The third kappa shape index (κ3) is 4.71. The van der Waals surface area contributed by atoms with E-state index in [9.17, 15) is 4.79 Å². The van der Waals surface area contributed by atoms with Crippen LogP contribution in [0.1, 0.15) is 5.56 Å². The van der Waals surface area contributed by atoms with Gasteiger partial charge in [-0.05, 0) is 23.8 Å². The van der Waals surface area contributed by atoms with Crippen LogP contribution in [0.2, 0.25) is 10.0 Å². The molecule has 0 aliphatic heterocycles. The van der Waals surface area contributed by atoms with Crippen LogP contribution >= 0.6 is 23.2 Å². The third-order valence-corrected chi connectivity index (χ3v) is 4.07. The van der Waals surface area contributed by atoms with Gasteiger partial charge >= 0.3 is 0 Å². The number of imidazole rings is 1. The third-order valence-electron chi connectivity index (χ3n) is 3.33. The quantitative estimate of drug-likeness (QED) is 0.716. The molecule has 2 aromatic heterocycles. The first-order chi connectivity index (χ1) is 12.1. The lowest BCUT2D eigenvalue weighted by atomic mass is 10.3. The van der Waals surface area contributed by atoms with Crippen molar-refractivity contribution in [3.63, 3.8) is 0 Å². The van der Waals surface area contributed by atoms with Crippen LogP contribution in [-0.4, -0.2) is 27.0 Å². The summed E-state index contributed by atoms with van der Waals surface area (Å²) >= 11 is 11.7. The summed E-state index contributed by atoms with van der Waals surface area (Å²) in [5.74, 6) is 0.996. The fourth-order valence-corrected chi connectivity index (χ4v) is 2.32. The van der Waals surface area contributed by atoms with E-state index < -0.39 is 0 Å². The SMILES string of the molecule is O=C(COc1ccc(Cl)c(Cl)c1)NCc1ccc(-n2ccnc2)nc1. The fraction of sp³-hybridized carbons (Fsp3) is 0.118. The average Bonchev–Trinajstić information content (AvgIpc) is 3.16. The minimum Gasteiger partial charge on any atom is -0.484 e. The van der Waals surface area contributed by atoms with E-state index in [2.05, 4.69) is 15.3 Å². The van der Waals surface area contributed by atoms with Gasteiger partial charge in [-0.25, -0.2) is 9.97 Å². The first-order valence-electron chi connectivity index (χ1n) is 7.39. The Morgan fingerprint density at radius 1 is 1.20 bits per heavy atom. The Hall–Kier alpha value is -2.57. The van der Waals surface area contributed by atoms with Crippen molar-refractivity contribution in [2.45, 2.75) is 6.54 Å². The van der Waals surface area contributed by atoms with Crippen LogP contribution in [0.5, 0.6) is 5.75 Å². The molecule has 0 radical (unpaired) electrons. The first-order valence-corrected chi connectivity index (χ1v) is 8.15. The largest absolute Gasteiger partial charge is 0.484 e. The highest BCUT2D eigenvalue weighted by molar-refractivity contribution is 6.42. The van der Waals surface area contributed by atoms with Crippen molar-refractivity contribution in [3.8, 4) is 11.6 Å². The normalized spacial score (nSPS) is 10.5. The number of carbonyl (C=O) groups is 1. The zero-order valence-electron chi connectivity index (χ0n) is 13.0. The van der Waals surface area contributed by atoms with Crippen molar-refractivity contribution in [1.82, 2.24) is 19.9 Å². The van der Waals surface area contributed by atoms with Crippen molar-refractivity contribution in [3.05, 3.63) is 70.9 Å². The van der Waals surface area contributed by atoms with Crippen molar-refractivity contribution in [2.75, 3.05) is 6.61 Å². The van der Waals surface area contributed by atoms with Crippen LogP contribution in [0.25, 0.3) is 5.82 Å². The lowest BCUT2D eigenvalue weighted by Crippen LogP contribution is -2.28. The van der Waals surface area contributed by atoms with Crippen LogP contribution in [0.3, 0.4) is 0 Å². The summed E-state index contributed by atoms with van der Waals surface area (Å²) in [6.45, 7) is 0.249. The lowest BCUT2D eigenvalue weighted by molar-refractivity contribution is -0.123. The van der Waals surface area contributed by atoms with Gasteiger partial charge in [0.15, 0.2) is 6.61 Å². The lowest BCUT2D eigenvalue weighted by Gasteiger charge is -2.08. The summed E-state index contributed by atoms with van der Waals surface area (Å²) < 4.78 is 7.18. The number of nitrogens with one attached hydrogen (secondary N) is 1. The van der Waals surface area contributed by atoms with Crippen LogP contribution in [0.4, 0.5) is 0 Å². The molecule has 0 aliphatic rings. The van der Waals surface area contributed by atoms with Gasteiger partial charge in [-0.15, -0.1) is 0 Å². The van der Waals surface area contributed by atoms with Gasteiger partial charge in [0.05, 0.1) is 10.0 Å². The van der Waals surface area contributed by atoms with Crippen molar-refractivity contribution in [1.29, 1.82) is 0 Å². The molecule has 2 heterocycles. The predicted octanol–water partition coefficient (Wildman–Crippen LogP) is 3.27. The molecule has 0 aliphatic carbocycles. The van der Waals surface area contributed by atoms with Crippen molar-refractivity contribution >= 4 is 29.1 Å². The van der Waals surface area contributed by atoms with Crippen LogP contribution < -0.4 is 10.1 Å². The first kappa shape index (κ1) is 17.3. The highest BCUT2D eigenvalue weighted by Crippen LogP contribution is 2.26. The number of nitrogens with zero attached hydrogens (tertiary/aromatic N) is 3. The molecule has 3 aromatic rings. The molecule has 1 aromatic carbocycles. The molecule has 1 amide bonds. The van der Waals surface area contributed by atoms with Gasteiger partial charge < -0.3 is 10.1 Å². The topological polar surface area (TPSA) is 69.0 Å². The standard InChI is InChI=1S/C17H14Cl2N4O2/c18-14-3-2-13(7-15(14)19)25-10-17(24)22-9-12-1-4-16(21-8-12)23-6-5-20-11-23/h1-8,11H,9-10H2,(H,22,24). The molecule has 128 valence electrons. The maximum atomic E-state index is 11.9. The van der Waals surface area contributed by atoms with E-state index in [1.165, 1.54) is 0 Å². The number of aromatic nitrogens is 3. The van der Waals surface area contributed by atoms with Crippen molar-refractivity contribution < 1.29 is 9.53 Å². The molecular formula is C17H14Cl2N4O2. The summed E-state index contributed by atoms with van der Waals surface area (Å²) in [5.41, 5.74) is 0.881. The van der Waals surface area contributed by atoms with Crippen LogP contribution in [0, 0.1) is 0 Å². The highest BCUT2D eigenvalue weighted by atomic mass is 35.5. The monoisotopic (exact) mass is 376 g/mol. The second-order valence-corrected chi connectivity index (χ2v) is 5.95. The molecule has 0 saturated carbocycles. The zero-order chi connectivity index (χ0) is 17.6. The van der Waals surface area contributed by atoms with Gasteiger partial charge in [0.25, 0.3) is 5.91 Å². The number of rotatable bonds is 6. The second kappa shape index (κ2) is 8.00. The summed E-state index contributed by atoms with van der Waals surface area (Å²) in [4.78, 5) is 20.2. The number of amides is 1. The van der Waals surface area contributed by atoms with Gasteiger partial charge in [0, 0.05) is 31.2 Å². The summed E-state index contributed by atoms with van der Waals surface area (Å²) in [5, 5.41) is 3.58. The minimum absolute atomic E-state index is 0.113. The molecule has 6 nitrogen and oxygen atoms in total. The molecule has 0 bridgehead atoms. The fourth-order valence-electron chi connectivity index (χ4n) is 2.04. The summed E-state index contributed by atoms with van der Waals surface area (Å²) in [6.07, 6.45) is 6.87. The van der Waals surface area contributed by atoms with E-state index in [4.69, 9.17) is 27.9 Å². The molecule has 0 atom stereocenters. The average molecular weight is 377 g/mol. The maximum Gasteiger partial charge on any atom is 0.258 e. The Kier molecular flexibility index (Phi) is 5.53. The second-order valence-electron chi connectivity index (χ2n) is 5.14. The Labute approximate surface area is 154 Å². The molecule has 0 spiro atoms. The van der Waals surface area contributed by atoms with Crippen molar-refractivity contribution in [2.24, 2.45) is 0 Å². The molecule has 0 fully saturated rings. The van der Waals surface area contributed by atoms with E-state index in [1.807, 2.05) is 18.3 Å². The van der Waals surface area contributed by atoms with Crippen LogP contribution in [0.15, 0.2) is 55.2 Å². The molecule has 8 heteroatoms. The van der Waals surface area contributed by atoms with Gasteiger partial charge in [-0.3, -0.25) is 9.36 Å². The Bertz CT molecular complexity index is 852. The smallest absolute Gasteiger partial charge is 0.258 e. The molecule has 0 unspecified atom stereocenters. The Balaban J connectivity index is 1.48. The van der Waals surface area contributed by atoms with E-state index in [-0.39, 0.29) is 12.5 Å². The van der Waals surface area contributed by atoms with Crippen LogP contribution in [-0.2, 0) is 11.3 Å². The number of halogens is 2. The number of hydrogen-bond donors (Lipinski definition) is 1. The molecule has 25 heavy (non-hydrogen) atoms. The zero-order valence-corrected chi connectivity index (χ0v) is 14.5. The highest BCUT2D eigenvalue weighted by Gasteiger charge is 2.05. The van der Waals surface area contributed by atoms with Gasteiger partial charge in [0.1, 0.15) is 17.9 Å². The maximum absolute atomic E-state index is 11.9. The van der Waals surface area contributed by atoms with Gasteiger partial charge in [-0.1, -0.05) is 29.3 Å². The van der Waals surface area contributed by atoms with E-state index >= 15 is 0 Å². The number of hydrogen-bond acceptors (Lipinski definition) is 4. The molecule has 1 N–H and O–H groups in total. The minimum atomic E-state index is -0.246. The Morgan fingerprint density at radius 2 is 2.08 bits per heavy atom. The van der Waals surface area contributed by atoms with E-state index in [0.717, 1.165) is 11.4 Å². The predicted molar refractivity (Wildman–Crippen MR) is 95.2 cm³/mol. The Morgan fingerprint density at radius 3 is 2.76 bits per heavy atom. The summed E-state index contributed by atoms with van der Waals surface area (Å²) in [7, 11) is 0.